The Bertz CT molecular complexity index is 610. The van der Waals surface area contributed by atoms with E-state index in [2.05, 4.69) is 6.07 Å². The number of ether oxygens (including phenoxy) is 2. The Kier molecular flexibility index (Phi) is 3.50. The third-order valence-corrected chi connectivity index (χ3v) is 3.69. The number of fused-ring (bicyclic) bond motifs is 1. The fourth-order valence-electron chi connectivity index (χ4n) is 2.58. The quantitative estimate of drug-likeness (QED) is 0.867. The van der Waals surface area contributed by atoms with Crippen LogP contribution in [0.25, 0.3) is 0 Å². The number of anilines is 1. The monoisotopic (exact) mass is 269 g/mol. The molecule has 0 bridgehead atoms. The summed E-state index contributed by atoms with van der Waals surface area (Å²) in [6.07, 6.45) is 0.975. The van der Waals surface area contributed by atoms with E-state index >= 15 is 0 Å². The summed E-state index contributed by atoms with van der Waals surface area (Å²) < 4.78 is 11.6. The summed E-state index contributed by atoms with van der Waals surface area (Å²) in [5.74, 6) is 2.10. The zero-order valence-corrected chi connectivity index (χ0v) is 11.6. The van der Waals surface area contributed by atoms with Crippen molar-refractivity contribution in [2.24, 2.45) is 0 Å². The van der Waals surface area contributed by atoms with E-state index in [0.29, 0.717) is 18.2 Å². The highest BCUT2D eigenvalue weighted by atomic mass is 16.5. The zero-order valence-electron chi connectivity index (χ0n) is 11.6. The average Bonchev–Trinajstić information content (AvgIpc) is 2.46. The SMILES string of the molecule is Cc1ccc(OCC2CCOc3ccccc32)c(N)c1. The summed E-state index contributed by atoms with van der Waals surface area (Å²) in [6.45, 7) is 3.40. The van der Waals surface area contributed by atoms with Gasteiger partial charge in [-0.3, -0.25) is 0 Å². The first-order chi connectivity index (χ1) is 9.74. The second-order valence-electron chi connectivity index (χ2n) is 5.22. The first-order valence-electron chi connectivity index (χ1n) is 6.94. The topological polar surface area (TPSA) is 44.5 Å². The second-order valence-corrected chi connectivity index (χ2v) is 5.22. The molecule has 0 fully saturated rings. The second kappa shape index (κ2) is 5.45. The molecule has 1 aliphatic rings. The maximum Gasteiger partial charge on any atom is 0.142 e. The highest BCUT2D eigenvalue weighted by molar-refractivity contribution is 5.54. The van der Waals surface area contributed by atoms with Gasteiger partial charge in [-0.05, 0) is 37.1 Å². The third-order valence-electron chi connectivity index (χ3n) is 3.69. The lowest BCUT2D eigenvalue weighted by atomic mass is 9.94. The van der Waals surface area contributed by atoms with Crippen molar-refractivity contribution in [2.75, 3.05) is 18.9 Å². The van der Waals surface area contributed by atoms with Gasteiger partial charge < -0.3 is 15.2 Å². The summed E-state index contributed by atoms with van der Waals surface area (Å²) >= 11 is 0. The molecular formula is C17H19NO2. The Morgan fingerprint density at radius 1 is 1.25 bits per heavy atom. The van der Waals surface area contributed by atoms with Gasteiger partial charge in [0.25, 0.3) is 0 Å². The van der Waals surface area contributed by atoms with E-state index in [0.717, 1.165) is 30.1 Å². The summed E-state index contributed by atoms with van der Waals surface area (Å²) in [7, 11) is 0. The summed E-state index contributed by atoms with van der Waals surface area (Å²) in [5.41, 5.74) is 9.05. The van der Waals surface area contributed by atoms with Crippen LogP contribution in [-0.2, 0) is 0 Å². The van der Waals surface area contributed by atoms with E-state index in [4.69, 9.17) is 15.2 Å². The van der Waals surface area contributed by atoms with Crippen LogP contribution in [0, 0.1) is 6.92 Å². The number of nitrogen functional groups attached to an aromatic ring is 1. The van der Waals surface area contributed by atoms with E-state index in [1.807, 2.05) is 43.3 Å². The number of hydrogen-bond acceptors (Lipinski definition) is 3. The first kappa shape index (κ1) is 12.9. The molecule has 1 aliphatic heterocycles. The zero-order chi connectivity index (χ0) is 13.9. The van der Waals surface area contributed by atoms with Crippen molar-refractivity contribution in [1.82, 2.24) is 0 Å². The molecule has 104 valence electrons. The fraction of sp³-hybridized carbons (Fsp3) is 0.294. The molecule has 0 aliphatic carbocycles. The average molecular weight is 269 g/mol. The Balaban J connectivity index is 1.73. The van der Waals surface area contributed by atoms with Gasteiger partial charge in [0.15, 0.2) is 0 Å². The normalized spacial score (nSPS) is 17.1. The molecule has 2 aromatic rings. The number of para-hydroxylation sites is 1. The Morgan fingerprint density at radius 2 is 2.10 bits per heavy atom. The Morgan fingerprint density at radius 3 is 2.95 bits per heavy atom. The molecule has 3 rings (SSSR count). The van der Waals surface area contributed by atoms with Gasteiger partial charge in [0.2, 0.25) is 0 Å². The predicted octanol–water partition coefficient (Wildman–Crippen LogP) is 3.52. The lowest BCUT2D eigenvalue weighted by Gasteiger charge is -2.26. The molecule has 1 atom stereocenters. The van der Waals surface area contributed by atoms with Gasteiger partial charge >= 0.3 is 0 Å². The van der Waals surface area contributed by atoms with Crippen LogP contribution in [0.1, 0.15) is 23.5 Å². The van der Waals surface area contributed by atoms with E-state index in [9.17, 15) is 0 Å². The number of benzene rings is 2. The molecule has 0 aromatic heterocycles. The number of nitrogens with two attached hydrogens (primary N) is 1. The molecule has 20 heavy (non-hydrogen) atoms. The molecule has 3 nitrogen and oxygen atoms in total. The van der Waals surface area contributed by atoms with Crippen LogP contribution >= 0.6 is 0 Å². The molecule has 1 unspecified atom stereocenters. The van der Waals surface area contributed by atoms with Gasteiger partial charge in [-0.25, -0.2) is 0 Å². The van der Waals surface area contributed by atoms with Crippen LogP contribution < -0.4 is 15.2 Å². The van der Waals surface area contributed by atoms with Crippen LogP contribution in [-0.4, -0.2) is 13.2 Å². The van der Waals surface area contributed by atoms with Crippen molar-refractivity contribution in [2.45, 2.75) is 19.3 Å². The van der Waals surface area contributed by atoms with Crippen molar-refractivity contribution >= 4 is 5.69 Å². The molecular weight excluding hydrogens is 250 g/mol. The van der Waals surface area contributed by atoms with E-state index in [1.54, 1.807) is 0 Å². The molecule has 3 heteroatoms. The summed E-state index contributed by atoms with van der Waals surface area (Å²) in [6, 6.07) is 14.1. The van der Waals surface area contributed by atoms with Crippen LogP contribution in [0.4, 0.5) is 5.69 Å². The van der Waals surface area contributed by atoms with Crippen LogP contribution in [0.2, 0.25) is 0 Å². The number of rotatable bonds is 3. The van der Waals surface area contributed by atoms with E-state index in [1.165, 1.54) is 5.56 Å². The summed E-state index contributed by atoms with van der Waals surface area (Å²) in [5, 5.41) is 0. The van der Waals surface area contributed by atoms with Crippen molar-refractivity contribution in [1.29, 1.82) is 0 Å². The van der Waals surface area contributed by atoms with Gasteiger partial charge in [-0.15, -0.1) is 0 Å². The summed E-state index contributed by atoms with van der Waals surface area (Å²) in [4.78, 5) is 0. The minimum absolute atomic E-state index is 0.362. The van der Waals surface area contributed by atoms with Crippen LogP contribution in [0.15, 0.2) is 42.5 Å². The molecule has 0 spiro atoms. The van der Waals surface area contributed by atoms with Gasteiger partial charge in [-0.2, -0.15) is 0 Å². The largest absolute Gasteiger partial charge is 0.493 e. The van der Waals surface area contributed by atoms with Crippen LogP contribution in [0.3, 0.4) is 0 Å². The first-order valence-corrected chi connectivity index (χ1v) is 6.94. The van der Waals surface area contributed by atoms with Gasteiger partial charge in [0, 0.05) is 11.5 Å². The maximum atomic E-state index is 5.98. The lowest BCUT2D eigenvalue weighted by molar-refractivity contribution is 0.218. The highest BCUT2D eigenvalue weighted by Crippen LogP contribution is 2.34. The molecule has 0 saturated heterocycles. The molecule has 0 radical (unpaired) electrons. The van der Waals surface area contributed by atoms with E-state index in [-0.39, 0.29) is 0 Å². The van der Waals surface area contributed by atoms with Crippen molar-refractivity contribution in [3.63, 3.8) is 0 Å². The minimum atomic E-state index is 0.362. The molecule has 0 amide bonds. The van der Waals surface area contributed by atoms with Crippen molar-refractivity contribution in [3.05, 3.63) is 53.6 Å². The standard InChI is InChI=1S/C17H19NO2/c1-12-6-7-17(15(18)10-12)20-11-13-8-9-19-16-5-3-2-4-14(13)16/h2-7,10,13H,8-9,11,18H2,1H3. The fourth-order valence-corrected chi connectivity index (χ4v) is 2.58. The number of aryl methyl sites for hydroxylation is 1. The van der Waals surface area contributed by atoms with E-state index < -0.39 is 0 Å². The Labute approximate surface area is 119 Å². The smallest absolute Gasteiger partial charge is 0.142 e. The van der Waals surface area contributed by atoms with Crippen LogP contribution in [0.5, 0.6) is 11.5 Å². The highest BCUT2D eigenvalue weighted by Gasteiger charge is 2.21. The lowest BCUT2D eigenvalue weighted by Crippen LogP contribution is -2.19. The van der Waals surface area contributed by atoms with Gasteiger partial charge in [0.05, 0.1) is 18.9 Å². The number of hydrogen-bond donors (Lipinski definition) is 1. The molecule has 1 heterocycles. The minimum Gasteiger partial charge on any atom is -0.493 e. The molecule has 2 aromatic carbocycles. The maximum absolute atomic E-state index is 5.98. The van der Waals surface area contributed by atoms with Gasteiger partial charge in [0.1, 0.15) is 11.5 Å². The molecule has 2 N–H and O–H groups in total. The Hall–Kier alpha value is -2.16. The molecule has 0 saturated carbocycles. The van der Waals surface area contributed by atoms with Gasteiger partial charge in [-0.1, -0.05) is 24.3 Å². The predicted molar refractivity (Wildman–Crippen MR) is 80.4 cm³/mol. The van der Waals surface area contributed by atoms with Crippen molar-refractivity contribution in [3.8, 4) is 11.5 Å². The van der Waals surface area contributed by atoms with Crippen molar-refractivity contribution < 1.29 is 9.47 Å². The third kappa shape index (κ3) is 2.57.